The molecule has 0 amide bonds. The Bertz CT molecular complexity index is 607. The highest BCUT2D eigenvalue weighted by molar-refractivity contribution is 7.99. The van der Waals surface area contributed by atoms with E-state index in [9.17, 15) is 4.79 Å². The molecule has 0 aliphatic rings. The van der Waals surface area contributed by atoms with Crippen molar-refractivity contribution in [3.63, 3.8) is 0 Å². The molecule has 0 aromatic heterocycles. The molecular formula is C16H17NOS. The second kappa shape index (κ2) is 5.93. The minimum absolute atomic E-state index is 0.102. The molecule has 0 fully saturated rings. The molecule has 0 unspecified atom stereocenters. The summed E-state index contributed by atoms with van der Waals surface area (Å²) in [5.41, 5.74) is 3.07. The number of Topliss-reactive ketones (excluding diaryl/α,β-unsaturated/α-hetero) is 1. The summed E-state index contributed by atoms with van der Waals surface area (Å²) in [4.78, 5) is 13.8. The van der Waals surface area contributed by atoms with E-state index in [-0.39, 0.29) is 5.78 Å². The van der Waals surface area contributed by atoms with Crippen LogP contribution in [-0.2, 0) is 0 Å². The molecule has 0 atom stereocenters. The summed E-state index contributed by atoms with van der Waals surface area (Å²) in [5, 5.41) is 3.14. The molecule has 0 saturated heterocycles. The third kappa shape index (κ3) is 3.18. The van der Waals surface area contributed by atoms with Gasteiger partial charge in [-0.2, -0.15) is 0 Å². The molecule has 1 N–H and O–H groups in total. The molecule has 0 heterocycles. The molecule has 2 rings (SSSR count). The van der Waals surface area contributed by atoms with E-state index in [0.29, 0.717) is 0 Å². The van der Waals surface area contributed by atoms with Crippen LogP contribution in [-0.4, -0.2) is 12.8 Å². The van der Waals surface area contributed by atoms with Crippen LogP contribution in [0.4, 0.5) is 5.69 Å². The molecule has 2 aromatic rings. The van der Waals surface area contributed by atoms with Crippen LogP contribution in [0.25, 0.3) is 0 Å². The van der Waals surface area contributed by atoms with Gasteiger partial charge in [0.05, 0.1) is 0 Å². The minimum Gasteiger partial charge on any atom is -0.388 e. The molecule has 0 aliphatic carbocycles. The van der Waals surface area contributed by atoms with Crippen molar-refractivity contribution in [1.82, 2.24) is 0 Å². The largest absolute Gasteiger partial charge is 0.388 e. The van der Waals surface area contributed by atoms with E-state index in [0.717, 1.165) is 16.1 Å². The summed E-state index contributed by atoms with van der Waals surface area (Å²) in [6.45, 7) is 3.69. The Morgan fingerprint density at radius 3 is 2.53 bits per heavy atom. The van der Waals surface area contributed by atoms with E-state index in [4.69, 9.17) is 0 Å². The van der Waals surface area contributed by atoms with E-state index < -0.39 is 0 Å². The quantitative estimate of drug-likeness (QED) is 0.836. The number of carbonyl (C=O) groups excluding carboxylic acids is 1. The van der Waals surface area contributed by atoms with E-state index in [1.165, 1.54) is 10.5 Å². The lowest BCUT2D eigenvalue weighted by Crippen LogP contribution is -1.95. The lowest BCUT2D eigenvalue weighted by atomic mass is 10.1. The van der Waals surface area contributed by atoms with Crippen LogP contribution in [0, 0.1) is 6.92 Å². The van der Waals surface area contributed by atoms with Crippen molar-refractivity contribution in [1.29, 1.82) is 0 Å². The smallest absolute Gasteiger partial charge is 0.160 e. The Balaban J connectivity index is 2.38. The van der Waals surface area contributed by atoms with Crippen LogP contribution in [0.1, 0.15) is 22.8 Å². The standard InChI is InChI=1S/C16H17NOS/c1-11-8-9-13(17-3)10-16(11)19-15-7-5-4-6-14(15)12(2)18/h4-10,17H,1-3H3. The van der Waals surface area contributed by atoms with Crippen LogP contribution in [0.2, 0.25) is 0 Å². The maximum absolute atomic E-state index is 11.6. The molecule has 2 nitrogen and oxygen atoms in total. The van der Waals surface area contributed by atoms with Gasteiger partial charge in [0.1, 0.15) is 0 Å². The van der Waals surface area contributed by atoms with Crippen LogP contribution < -0.4 is 5.32 Å². The Kier molecular flexibility index (Phi) is 4.27. The predicted octanol–water partition coefficient (Wildman–Crippen LogP) is 4.39. The Morgan fingerprint density at radius 1 is 1.11 bits per heavy atom. The molecule has 19 heavy (non-hydrogen) atoms. The first-order valence-corrected chi connectivity index (χ1v) is 6.99. The normalized spacial score (nSPS) is 10.3. The topological polar surface area (TPSA) is 29.1 Å². The van der Waals surface area contributed by atoms with Crippen molar-refractivity contribution in [3.8, 4) is 0 Å². The number of ketones is 1. The van der Waals surface area contributed by atoms with E-state index in [2.05, 4.69) is 30.4 Å². The third-order valence-corrected chi connectivity index (χ3v) is 4.20. The highest BCUT2D eigenvalue weighted by atomic mass is 32.2. The fourth-order valence-corrected chi connectivity index (χ4v) is 2.95. The number of carbonyl (C=O) groups is 1. The zero-order valence-corrected chi connectivity index (χ0v) is 12.2. The van der Waals surface area contributed by atoms with Crippen LogP contribution in [0.3, 0.4) is 0 Å². The van der Waals surface area contributed by atoms with Gasteiger partial charge in [0.15, 0.2) is 5.78 Å². The lowest BCUT2D eigenvalue weighted by molar-refractivity contribution is 0.101. The fourth-order valence-electron chi connectivity index (χ4n) is 1.83. The van der Waals surface area contributed by atoms with Crippen LogP contribution in [0.5, 0.6) is 0 Å². The SMILES string of the molecule is CNc1ccc(C)c(Sc2ccccc2C(C)=O)c1. The molecule has 2 aromatic carbocycles. The summed E-state index contributed by atoms with van der Waals surface area (Å²) >= 11 is 1.64. The molecule has 0 saturated carbocycles. The van der Waals surface area contributed by atoms with Crippen molar-refractivity contribution in [2.24, 2.45) is 0 Å². The first kappa shape index (κ1) is 13.7. The number of hydrogen-bond acceptors (Lipinski definition) is 3. The van der Waals surface area contributed by atoms with Gasteiger partial charge in [-0.1, -0.05) is 36.0 Å². The monoisotopic (exact) mass is 271 g/mol. The summed E-state index contributed by atoms with van der Waals surface area (Å²) in [6, 6.07) is 14.0. The van der Waals surface area contributed by atoms with Crippen molar-refractivity contribution in [2.45, 2.75) is 23.6 Å². The second-order valence-corrected chi connectivity index (χ2v) is 5.47. The molecule has 3 heteroatoms. The molecule has 0 aliphatic heterocycles. The van der Waals surface area contributed by atoms with Crippen molar-refractivity contribution >= 4 is 23.2 Å². The highest BCUT2D eigenvalue weighted by Gasteiger charge is 2.09. The fraction of sp³-hybridized carbons (Fsp3) is 0.188. The lowest BCUT2D eigenvalue weighted by Gasteiger charge is -2.10. The van der Waals surface area contributed by atoms with Gasteiger partial charge in [-0.05, 0) is 37.6 Å². The third-order valence-electron chi connectivity index (χ3n) is 2.96. The van der Waals surface area contributed by atoms with Gasteiger partial charge in [-0.25, -0.2) is 0 Å². The van der Waals surface area contributed by atoms with Gasteiger partial charge in [0, 0.05) is 28.1 Å². The Morgan fingerprint density at radius 2 is 1.84 bits per heavy atom. The van der Waals surface area contributed by atoms with E-state index in [1.807, 2.05) is 31.3 Å². The van der Waals surface area contributed by atoms with Gasteiger partial charge in [-0.3, -0.25) is 4.79 Å². The molecule has 98 valence electrons. The molecule has 0 radical (unpaired) electrons. The minimum atomic E-state index is 0.102. The van der Waals surface area contributed by atoms with Gasteiger partial charge < -0.3 is 5.32 Å². The van der Waals surface area contributed by atoms with Gasteiger partial charge in [0.25, 0.3) is 0 Å². The van der Waals surface area contributed by atoms with Crippen LogP contribution in [0.15, 0.2) is 52.3 Å². The number of rotatable bonds is 4. The van der Waals surface area contributed by atoms with Gasteiger partial charge in [0.2, 0.25) is 0 Å². The maximum Gasteiger partial charge on any atom is 0.160 e. The summed E-state index contributed by atoms with van der Waals surface area (Å²) in [5.74, 6) is 0.102. The van der Waals surface area contributed by atoms with E-state index >= 15 is 0 Å². The average Bonchev–Trinajstić information content (AvgIpc) is 2.41. The van der Waals surface area contributed by atoms with Crippen molar-refractivity contribution in [3.05, 3.63) is 53.6 Å². The second-order valence-electron chi connectivity index (χ2n) is 4.38. The number of benzene rings is 2. The first-order valence-electron chi connectivity index (χ1n) is 6.18. The predicted molar refractivity (Wildman–Crippen MR) is 81.3 cm³/mol. The number of anilines is 1. The van der Waals surface area contributed by atoms with Crippen LogP contribution >= 0.6 is 11.8 Å². The highest BCUT2D eigenvalue weighted by Crippen LogP contribution is 2.34. The van der Waals surface area contributed by atoms with Crippen molar-refractivity contribution < 1.29 is 4.79 Å². The molecule has 0 spiro atoms. The summed E-state index contributed by atoms with van der Waals surface area (Å²) in [6.07, 6.45) is 0. The molecule has 0 bridgehead atoms. The van der Waals surface area contributed by atoms with E-state index in [1.54, 1.807) is 18.7 Å². The number of aryl methyl sites for hydroxylation is 1. The van der Waals surface area contributed by atoms with Gasteiger partial charge >= 0.3 is 0 Å². The number of nitrogens with one attached hydrogen (secondary N) is 1. The van der Waals surface area contributed by atoms with Crippen molar-refractivity contribution in [2.75, 3.05) is 12.4 Å². The maximum atomic E-state index is 11.6. The first-order chi connectivity index (χ1) is 9.11. The Labute approximate surface area is 118 Å². The summed E-state index contributed by atoms with van der Waals surface area (Å²) in [7, 11) is 1.91. The molecular weight excluding hydrogens is 254 g/mol. The average molecular weight is 271 g/mol. The Hall–Kier alpha value is -1.74. The zero-order chi connectivity index (χ0) is 13.8. The summed E-state index contributed by atoms with van der Waals surface area (Å²) < 4.78 is 0. The van der Waals surface area contributed by atoms with Gasteiger partial charge in [-0.15, -0.1) is 0 Å². The number of hydrogen-bond donors (Lipinski definition) is 1. The zero-order valence-electron chi connectivity index (χ0n) is 11.4.